The number of benzene rings is 1. The predicted octanol–water partition coefficient (Wildman–Crippen LogP) is 3.50. The number of fused-ring (bicyclic) bond motifs is 1. The number of esters is 1. The van der Waals surface area contributed by atoms with Crippen molar-refractivity contribution in [2.75, 3.05) is 6.61 Å². The van der Waals surface area contributed by atoms with Crippen LogP contribution in [0.15, 0.2) is 59.5 Å². The van der Waals surface area contributed by atoms with Gasteiger partial charge >= 0.3 is 5.97 Å². The van der Waals surface area contributed by atoms with Gasteiger partial charge in [0.05, 0.1) is 17.3 Å². The highest BCUT2D eigenvalue weighted by Crippen LogP contribution is 2.19. The van der Waals surface area contributed by atoms with E-state index in [9.17, 15) is 9.59 Å². The third kappa shape index (κ3) is 4.74. The van der Waals surface area contributed by atoms with Crippen LogP contribution in [0.5, 0.6) is 5.75 Å². The Morgan fingerprint density at radius 2 is 2.07 bits per heavy atom. The third-order valence-corrected chi connectivity index (χ3v) is 3.88. The molecule has 0 N–H and O–H groups in total. The van der Waals surface area contributed by atoms with E-state index in [1.54, 1.807) is 18.2 Å². The number of para-hydroxylation sites is 1. The Kier molecular flexibility index (Phi) is 5.88. The molecule has 1 aromatic carbocycles. The van der Waals surface area contributed by atoms with Crippen LogP contribution in [0.3, 0.4) is 0 Å². The first-order chi connectivity index (χ1) is 13.1. The molecule has 0 saturated heterocycles. The average molecular weight is 385 g/mol. The van der Waals surface area contributed by atoms with Crippen molar-refractivity contribution in [3.05, 3.63) is 81.4 Å². The van der Waals surface area contributed by atoms with Gasteiger partial charge in [-0.1, -0.05) is 29.8 Å². The Bertz CT molecular complexity index is 1060. The van der Waals surface area contributed by atoms with E-state index in [4.69, 9.17) is 21.1 Å². The smallest absolute Gasteiger partial charge is 0.331 e. The van der Waals surface area contributed by atoms with E-state index in [1.165, 1.54) is 22.7 Å². The molecule has 7 heteroatoms. The number of hydrogen-bond donors (Lipinski definition) is 0. The number of carbonyl (C=O) groups is 1. The van der Waals surface area contributed by atoms with Gasteiger partial charge in [-0.3, -0.25) is 9.20 Å². The second-order valence-corrected chi connectivity index (χ2v) is 6.01. The number of rotatable bonds is 6. The van der Waals surface area contributed by atoms with Gasteiger partial charge in [-0.2, -0.15) is 0 Å². The van der Waals surface area contributed by atoms with E-state index < -0.39 is 5.97 Å². The second kappa shape index (κ2) is 8.51. The van der Waals surface area contributed by atoms with Crippen LogP contribution in [0.4, 0.5) is 0 Å². The lowest BCUT2D eigenvalue weighted by Crippen LogP contribution is -2.16. The maximum atomic E-state index is 12.1. The fourth-order valence-corrected chi connectivity index (χ4v) is 2.62. The highest BCUT2D eigenvalue weighted by molar-refractivity contribution is 6.30. The summed E-state index contributed by atoms with van der Waals surface area (Å²) in [5.74, 6) is 0.145. The van der Waals surface area contributed by atoms with Crippen LogP contribution < -0.4 is 10.3 Å². The molecule has 0 fully saturated rings. The summed E-state index contributed by atoms with van der Waals surface area (Å²) in [5.41, 5.74) is 1.27. The number of carbonyl (C=O) groups excluding carboxylic acids is 1. The Morgan fingerprint density at radius 3 is 2.89 bits per heavy atom. The minimum Gasteiger partial charge on any atom is -0.493 e. The van der Waals surface area contributed by atoms with Crippen molar-refractivity contribution < 1.29 is 14.3 Å². The highest BCUT2D eigenvalue weighted by Gasteiger charge is 2.06. The molecule has 0 bridgehead atoms. The van der Waals surface area contributed by atoms with Crippen molar-refractivity contribution in [1.82, 2.24) is 9.38 Å². The minimum atomic E-state index is -0.542. The number of aromatic nitrogens is 2. The quantitative estimate of drug-likeness (QED) is 0.480. The predicted molar refractivity (Wildman–Crippen MR) is 103 cm³/mol. The standard InChI is InChI=1S/C20H17ClN2O4/c1-2-26-17-6-4-3-5-14(17)7-10-20(25)27-13-16-11-19(24)23-12-15(21)8-9-18(23)22-16/h3-12H,2,13H2,1H3/b10-7+. The van der Waals surface area contributed by atoms with E-state index in [-0.39, 0.29) is 12.2 Å². The van der Waals surface area contributed by atoms with E-state index in [0.29, 0.717) is 28.7 Å². The first-order valence-corrected chi connectivity index (χ1v) is 8.69. The van der Waals surface area contributed by atoms with Crippen molar-refractivity contribution in [1.29, 1.82) is 0 Å². The molecule has 0 radical (unpaired) electrons. The van der Waals surface area contributed by atoms with Gasteiger partial charge in [0.2, 0.25) is 0 Å². The summed E-state index contributed by atoms with van der Waals surface area (Å²) < 4.78 is 12.0. The lowest BCUT2D eigenvalue weighted by Gasteiger charge is -2.06. The molecule has 2 aromatic heterocycles. The van der Waals surface area contributed by atoms with E-state index in [2.05, 4.69) is 4.98 Å². The van der Waals surface area contributed by atoms with Gasteiger partial charge in [0, 0.05) is 23.9 Å². The van der Waals surface area contributed by atoms with Gasteiger partial charge in [-0.25, -0.2) is 9.78 Å². The number of ether oxygens (including phenoxy) is 2. The molecule has 27 heavy (non-hydrogen) atoms. The lowest BCUT2D eigenvalue weighted by atomic mass is 10.2. The molecule has 6 nitrogen and oxygen atoms in total. The summed E-state index contributed by atoms with van der Waals surface area (Å²) in [6.45, 7) is 2.32. The zero-order valence-corrected chi connectivity index (χ0v) is 15.3. The zero-order chi connectivity index (χ0) is 19.2. The molecule has 3 rings (SSSR count). The maximum Gasteiger partial charge on any atom is 0.331 e. The van der Waals surface area contributed by atoms with Crippen LogP contribution in [0.1, 0.15) is 18.2 Å². The molecule has 0 aliphatic carbocycles. The Balaban J connectivity index is 1.68. The molecule has 0 aliphatic rings. The fourth-order valence-electron chi connectivity index (χ4n) is 2.46. The van der Waals surface area contributed by atoms with Gasteiger partial charge in [-0.05, 0) is 31.2 Å². The fraction of sp³-hybridized carbons (Fsp3) is 0.150. The monoisotopic (exact) mass is 384 g/mol. The average Bonchev–Trinajstić information content (AvgIpc) is 2.66. The molecule has 138 valence electrons. The van der Waals surface area contributed by atoms with Crippen LogP contribution in [-0.2, 0) is 16.1 Å². The SMILES string of the molecule is CCOc1ccccc1/C=C/C(=O)OCc1cc(=O)n2cc(Cl)ccc2n1. The van der Waals surface area contributed by atoms with Gasteiger partial charge < -0.3 is 9.47 Å². The summed E-state index contributed by atoms with van der Waals surface area (Å²) in [6, 6.07) is 11.9. The van der Waals surface area contributed by atoms with Crippen molar-refractivity contribution >= 4 is 29.3 Å². The molecule has 2 heterocycles. The van der Waals surface area contributed by atoms with Gasteiger partial charge in [0.25, 0.3) is 5.56 Å². The number of hydrogen-bond acceptors (Lipinski definition) is 5. The van der Waals surface area contributed by atoms with Gasteiger partial charge in [-0.15, -0.1) is 0 Å². The summed E-state index contributed by atoms with van der Waals surface area (Å²) >= 11 is 5.88. The number of nitrogens with zero attached hydrogens (tertiary/aromatic N) is 2. The Labute approximate surface area is 160 Å². The van der Waals surface area contributed by atoms with Gasteiger partial charge in [0.15, 0.2) is 0 Å². The lowest BCUT2D eigenvalue weighted by molar-refractivity contribution is -0.139. The van der Waals surface area contributed by atoms with Crippen molar-refractivity contribution in [2.45, 2.75) is 13.5 Å². The summed E-state index contributed by atoms with van der Waals surface area (Å²) in [6.07, 6.45) is 4.42. The molecule has 0 saturated carbocycles. The van der Waals surface area contributed by atoms with Crippen molar-refractivity contribution in [3.63, 3.8) is 0 Å². The molecular weight excluding hydrogens is 368 g/mol. The normalized spacial score (nSPS) is 11.0. The van der Waals surface area contributed by atoms with Crippen LogP contribution in [-0.4, -0.2) is 22.0 Å². The maximum absolute atomic E-state index is 12.1. The molecule has 0 atom stereocenters. The van der Waals surface area contributed by atoms with Crippen LogP contribution in [0.25, 0.3) is 11.7 Å². The van der Waals surface area contributed by atoms with E-state index in [0.717, 1.165) is 5.56 Å². The Morgan fingerprint density at radius 1 is 1.26 bits per heavy atom. The van der Waals surface area contributed by atoms with Crippen LogP contribution in [0.2, 0.25) is 5.02 Å². The highest BCUT2D eigenvalue weighted by atomic mass is 35.5. The van der Waals surface area contributed by atoms with Crippen LogP contribution in [0, 0.1) is 0 Å². The molecule has 3 aromatic rings. The van der Waals surface area contributed by atoms with Crippen molar-refractivity contribution in [3.8, 4) is 5.75 Å². The first-order valence-electron chi connectivity index (χ1n) is 8.31. The first kappa shape index (κ1) is 18.7. The summed E-state index contributed by atoms with van der Waals surface area (Å²) in [5, 5.41) is 0.433. The van der Waals surface area contributed by atoms with Crippen molar-refractivity contribution in [2.24, 2.45) is 0 Å². The minimum absolute atomic E-state index is 0.107. The topological polar surface area (TPSA) is 69.9 Å². The number of pyridine rings is 1. The molecular formula is C20H17ClN2O4. The number of halogens is 1. The Hall–Kier alpha value is -3.12. The third-order valence-electron chi connectivity index (χ3n) is 3.66. The molecule has 0 aliphatic heterocycles. The largest absolute Gasteiger partial charge is 0.493 e. The second-order valence-electron chi connectivity index (χ2n) is 5.57. The zero-order valence-electron chi connectivity index (χ0n) is 14.6. The molecule has 0 amide bonds. The van der Waals surface area contributed by atoms with E-state index >= 15 is 0 Å². The van der Waals surface area contributed by atoms with Crippen LogP contribution >= 0.6 is 11.6 Å². The summed E-state index contributed by atoms with van der Waals surface area (Å²) in [7, 11) is 0. The molecule has 0 unspecified atom stereocenters. The molecule has 0 spiro atoms. The van der Waals surface area contributed by atoms with E-state index in [1.807, 2.05) is 31.2 Å². The summed E-state index contributed by atoms with van der Waals surface area (Å²) in [4.78, 5) is 28.4. The van der Waals surface area contributed by atoms with Gasteiger partial charge in [0.1, 0.15) is 18.0 Å².